The number of hydrogen-bond acceptors (Lipinski definition) is 4. The van der Waals surface area contributed by atoms with E-state index in [-0.39, 0.29) is 5.91 Å². The third-order valence-corrected chi connectivity index (χ3v) is 4.72. The highest BCUT2D eigenvalue weighted by Gasteiger charge is 2.11. The van der Waals surface area contributed by atoms with Gasteiger partial charge in [-0.15, -0.1) is 0 Å². The lowest BCUT2D eigenvalue weighted by Crippen LogP contribution is -2.11. The van der Waals surface area contributed by atoms with Gasteiger partial charge in [-0.3, -0.25) is 10.1 Å². The van der Waals surface area contributed by atoms with Crippen LogP contribution in [0.25, 0.3) is 21.0 Å². The molecule has 1 heterocycles. The maximum atomic E-state index is 12.3. The van der Waals surface area contributed by atoms with Gasteiger partial charge in [0.1, 0.15) is 0 Å². The minimum Gasteiger partial charge on any atom is -0.298 e. The van der Waals surface area contributed by atoms with Crippen molar-refractivity contribution in [1.29, 1.82) is 5.26 Å². The zero-order valence-electron chi connectivity index (χ0n) is 12.5. The Hall–Kier alpha value is -3.23. The standard InChI is InChI=1S/C19H11N3OS/c20-11-12-5-7-14(8-6-12)18(23)22-19-21-17-15-4-2-1-3-13(15)9-10-16(17)24-19/h1-10H,(H,21,22,23). The number of aromatic nitrogens is 1. The third kappa shape index (κ3) is 2.49. The van der Waals surface area contributed by atoms with Gasteiger partial charge >= 0.3 is 0 Å². The summed E-state index contributed by atoms with van der Waals surface area (Å²) in [4.78, 5) is 16.9. The van der Waals surface area contributed by atoms with Crippen molar-refractivity contribution in [1.82, 2.24) is 4.98 Å². The maximum absolute atomic E-state index is 12.3. The Bertz CT molecular complexity index is 1110. The average Bonchev–Trinajstić information content (AvgIpc) is 3.04. The van der Waals surface area contributed by atoms with Crippen LogP contribution in [0, 0.1) is 11.3 Å². The van der Waals surface area contributed by atoms with Crippen LogP contribution in [0.3, 0.4) is 0 Å². The van der Waals surface area contributed by atoms with Gasteiger partial charge in [0.2, 0.25) is 0 Å². The molecule has 0 saturated carbocycles. The van der Waals surface area contributed by atoms with E-state index < -0.39 is 0 Å². The lowest BCUT2D eigenvalue weighted by atomic mass is 10.1. The number of amides is 1. The van der Waals surface area contributed by atoms with Crippen molar-refractivity contribution in [2.24, 2.45) is 0 Å². The molecule has 1 N–H and O–H groups in total. The molecular weight excluding hydrogens is 318 g/mol. The number of carbonyl (C=O) groups is 1. The highest BCUT2D eigenvalue weighted by Crippen LogP contribution is 2.31. The number of nitrogens with zero attached hydrogens (tertiary/aromatic N) is 2. The quantitative estimate of drug-likeness (QED) is 0.585. The van der Waals surface area contributed by atoms with Gasteiger partial charge < -0.3 is 0 Å². The van der Waals surface area contributed by atoms with Crippen LogP contribution in [0.5, 0.6) is 0 Å². The molecule has 0 aliphatic heterocycles. The van der Waals surface area contributed by atoms with Gasteiger partial charge in [0.25, 0.3) is 5.91 Å². The third-order valence-electron chi connectivity index (χ3n) is 3.78. The average molecular weight is 329 g/mol. The van der Waals surface area contributed by atoms with Crippen LogP contribution in [0.15, 0.2) is 60.7 Å². The molecule has 0 atom stereocenters. The molecule has 24 heavy (non-hydrogen) atoms. The summed E-state index contributed by atoms with van der Waals surface area (Å²) in [5.74, 6) is -0.233. The van der Waals surface area contributed by atoms with Gasteiger partial charge in [-0.2, -0.15) is 5.26 Å². The fourth-order valence-electron chi connectivity index (χ4n) is 2.58. The van der Waals surface area contributed by atoms with Crippen LogP contribution in [0.4, 0.5) is 5.13 Å². The van der Waals surface area contributed by atoms with Crippen molar-refractivity contribution < 1.29 is 4.79 Å². The highest BCUT2D eigenvalue weighted by molar-refractivity contribution is 7.22. The van der Waals surface area contributed by atoms with E-state index in [9.17, 15) is 4.79 Å². The van der Waals surface area contributed by atoms with Gasteiger partial charge in [0.05, 0.1) is 21.8 Å². The van der Waals surface area contributed by atoms with Crippen LogP contribution in [-0.2, 0) is 0 Å². The van der Waals surface area contributed by atoms with Crippen molar-refractivity contribution in [3.05, 3.63) is 71.8 Å². The monoisotopic (exact) mass is 329 g/mol. The van der Waals surface area contributed by atoms with Crippen LogP contribution < -0.4 is 5.32 Å². The van der Waals surface area contributed by atoms with E-state index in [0.29, 0.717) is 16.3 Å². The number of nitriles is 1. The van der Waals surface area contributed by atoms with E-state index in [1.54, 1.807) is 24.3 Å². The minimum absolute atomic E-state index is 0.233. The normalized spacial score (nSPS) is 10.6. The van der Waals surface area contributed by atoms with E-state index in [4.69, 9.17) is 5.26 Å². The Morgan fingerprint density at radius 2 is 1.83 bits per heavy atom. The fourth-order valence-corrected chi connectivity index (χ4v) is 3.46. The Morgan fingerprint density at radius 3 is 2.62 bits per heavy atom. The molecule has 4 rings (SSSR count). The van der Waals surface area contributed by atoms with Crippen molar-refractivity contribution >= 4 is 43.4 Å². The lowest BCUT2D eigenvalue weighted by Gasteiger charge is -2.01. The number of anilines is 1. The number of hydrogen-bond donors (Lipinski definition) is 1. The topological polar surface area (TPSA) is 65.8 Å². The van der Waals surface area contributed by atoms with Crippen molar-refractivity contribution in [2.75, 3.05) is 5.32 Å². The fraction of sp³-hybridized carbons (Fsp3) is 0. The van der Waals surface area contributed by atoms with Crippen molar-refractivity contribution in [2.45, 2.75) is 0 Å². The summed E-state index contributed by atoms with van der Waals surface area (Å²) in [6.45, 7) is 0. The molecule has 4 nitrogen and oxygen atoms in total. The van der Waals surface area contributed by atoms with Gasteiger partial charge in [0, 0.05) is 10.9 Å². The Labute approximate surface area is 142 Å². The van der Waals surface area contributed by atoms with E-state index >= 15 is 0 Å². The molecule has 1 amide bonds. The Morgan fingerprint density at radius 1 is 1.04 bits per heavy atom. The summed E-state index contributed by atoms with van der Waals surface area (Å²) in [5.41, 5.74) is 1.92. The molecule has 0 fully saturated rings. The summed E-state index contributed by atoms with van der Waals surface area (Å²) in [6.07, 6.45) is 0. The van der Waals surface area contributed by atoms with E-state index in [0.717, 1.165) is 21.0 Å². The van der Waals surface area contributed by atoms with E-state index in [1.807, 2.05) is 36.4 Å². The molecule has 0 aliphatic rings. The predicted octanol–water partition coefficient (Wildman–Crippen LogP) is 4.57. The first kappa shape index (κ1) is 14.4. The second-order valence-corrected chi connectivity index (χ2v) is 6.33. The van der Waals surface area contributed by atoms with E-state index in [1.165, 1.54) is 11.3 Å². The molecule has 114 valence electrons. The Kier molecular flexibility index (Phi) is 3.45. The zero-order chi connectivity index (χ0) is 16.5. The van der Waals surface area contributed by atoms with Gasteiger partial charge in [-0.05, 0) is 35.7 Å². The van der Waals surface area contributed by atoms with Gasteiger partial charge in [0.15, 0.2) is 5.13 Å². The van der Waals surface area contributed by atoms with Crippen molar-refractivity contribution in [3.63, 3.8) is 0 Å². The summed E-state index contributed by atoms with van der Waals surface area (Å²) in [7, 11) is 0. The van der Waals surface area contributed by atoms with Crippen LogP contribution in [-0.4, -0.2) is 10.9 Å². The second kappa shape index (κ2) is 5.76. The van der Waals surface area contributed by atoms with Crippen LogP contribution in [0.1, 0.15) is 15.9 Å². The van der Waals surface area contributed by atoms with Gasteiger partial charge in [-0.1, -0.05) is 41.7 Å². The molecule has 0 saturated heterocycles. The summed E-state index contributed by atoms with van der Waals surface area (Å²) in [5, 5.41) is 14.4. The van der Waals surface area contributed by atoms with Crippen LogP contribution in [0.2, 0.25) is 0 Å². The number of rotatable bonds is 2. The lowest BCUT2D eigenvalue weighted by molar-refractivity contribution is 0.102. The number of fused-ring (bicyclic) bond motifs is 3. The SMILES string of the molecule is N#Cc1ccc(C(=O)Nc2nc3c(ccc4ccccc43)s2)cc1. The predicted molar refractivity (Wildman–Crippen MR) is 96.2 cm³/mol. The number of carbonyl (C=O) groups excluding carboxylic acids is 1. The summed E-state index contributed by atoms with van der Waals surface area (Å²) >= 11 is 1.45. The number of nitrogens with one attached hydrogen (secondary N) is 1. The molecule has 5 heteroatoms. The smallest absolute Gasteiger partial charge is 0.257 e. The number of thiazole rings is 1. The Balaban J connectivity index is 1.68. The first-order valence-corrected chi connectivity index (χ1v) is 8.16. The molecule has 0 unspecified atom stereocenters. The molecular formula is C19H11N3OS. The van der Waals surface area contributed by atoms with Crippen molar-refractivity contribution in [3.8, 4) is 6.07 Å². The molecule has 3 aromatic carbocycles. The van der Waals surface area contributed by atoms with E-state index in [2.05, 4.69) is 16.4 Å². The largest absolute Gasteiger partial charge is 0.298 e. The second-order valence-electron chi connectivity index (χ2n) is 5.30. The number of benzene rings is 3. The van der Waals surface area contributed by atoms with Crippen LogP contribution >= 0.6 is 11.3 Å². The van der Waals surface area contributed by atoms with Gasteiger partial charge in [-0.25, -0.2) is 4.98 Å². The molecule has 1 aromatic heterocycles. The zero-order valence-corrected chi connectivity index (χ0v) is 13.3. The maximum Gasteiger partial charge on any atom is 0.257 e. The molecule has 0 bridgehead atoms. The summed E-state index contributed by atoms with van der Waals surface area (Å²) < 4.78 is 1.03. The molecule has 0 radical (unpaired) electrons. The molecule has 4 aromatic rings. The first-order chi connectivity index (χ1) is 11.7. The minimum atomic E-state index is -0.233. The molecule has 0 aliphatic carbocycles. The molecule has 0 spiro atoms. The first-order valence-electron chi connectivity index (χ1n) is 7.34. The highest BCUT2D eigenvalue weighted by atomic mass is 32.1. The summed E-state index contributed by atoms with van der Waals surface area (Å²) in [6, 6.07) is 20.7.